The molecule has 0 amide bonds. The number of hydrogen-bond donors (Lipinski definition) is 1. The van der Waals surface area contributed by atoms with Crippen LogP contribution in [0.5, 0.6) is 5.75 Å². The molecule has 1 N–H and O–H groups in total. The van der Waals surface area contributed by atoms with Gasteiger partial charge in [-0.25, -0.2) is 0 Å². The Kier molecular flexibility index (Phi) is 12.7. The number of halogens is 3. The van der Waals surface area contributed by atoms with Crippen molar-refractivity contribution in [1.82, 2.24) is 10.2 Å². The molecule has 0 spiro atoms. The van der Waals surface area contributed by atoms with Crippen LogP contribution in [0.4, 0.5) is 0 Å². The zero-order valence-electron chi connectivity index (χ0n) is 14.7. The van der Waals surface area contributed by atoms with Gasteiger partial charge in [0.05, 0.1) is 0 Å². The highest BCUT2D eigenvalue weighted by Crippen LogP contribution is 2.15. The van der Waals surface area contributed by atoms with E-state index in [4.69, 9.17) is 16.3 Å². The second-order valence-electron chi connectivity index (χ2n) is 5.89. The van der Waals surface area contributed by atoms with Gasteiger partial charge in [-0.1, -0.05) is 35.9 Å². The average molecular weight is 406 g/mol. The van der Waals surface area contributed by atoms with Crippen LogP contribution >= 0.6 is 36.4 Å². The molecular formula is C19H27Cl3N2O. The minimum Gasteiger partial charge on any atom is -0.489 e. The van der Waals surface area contributed by atoms with Crippen molar-refractivity contribution in [3.8, 4) is 5.75 Å². The van der Waals surface area contributed by atoms with E-state index in [2.05, 4.69) is 36.4 Å². The van der Waals surface area contributed by atoms with Gasteiger partial charge in [0, 0.05) is 11.6 Å². The summed E-state index contributed by atoms with van der Waals surface area (Å²) in [6, 6.07) is 16.0. The van der Waals surface area contributed by atoms with Crippen molar-refractivity contribution in [1.29, 1.82) is 0 Å². The minimum absolute atomic E-state index is 0. The summed E-state index contributed by atoms with van der Waals surface area (Å²) < 4.78 is 5.79. The Hall–Kier alpha value is -0.970. The maximum absolute atomic E-state index is 5.87. The minimum atomic E-state index is 0. The van der Waals surface area contributed by atoms with Crippen LogP contribution in [0.25, 0.3) is 0 Å². The molecule has 0 atom stereocenters. The smallest absolute Gasteiger partial charge is 0.119 e. The van der Waals surface area contributed by atoms with E-state index in [9.17, 15) is 0 Å². The first-order chi connectivity index (χ1) is 11.1. The van der Waals surface area contributed by atoms with Gasteiger partial charge in [0.2, 0.25) is 0 Å². The molecule has 3 nitrogen and oxygen atoms in total. The van der Waals surface area contributed by atoms with Gasteiger partial charge in [-0.15, -0.1) is 24.8 Å². The lowest BCUT2D eigenvalue weighted by Gasteiger charge is -2.10. The van der Waals surface area contributed by atoms with Gasteiger partial charge in [0.15, 0.2) is 0 Å². The molecule has 0 aromatic heterocycles. The lowest BCUT2D eigenvalue weighted by Crippen LogP contribution is -2.20. The lowest BCUT2D eigenvalue weighted by atomic mass is 10.2. The van der Waals surface area contributed by atoms with Gasteiger partial charge in [0.25, 0.3) is 0 Å². The third-order valence-electron chi connectivity index (χ3n) is 3.53. The number of nitrogens with zero attached hydrogens (tertiary/aromatic N) is 1. The summed E-state index contributed by atoms with van der Waals surface area (Å²) >= 11 is 5.87. The van der Waals surface area contributed by atoms with Gasteiger partial charge >= 0.3 is 0 Å². The second-order valence-corrected chi connectivity index (χ2v) is 6.33. The van der Waals surface area contributed by atoms with Gasteiger partial charge in [-0.05, 0) is 69.0 Å². The SMILES string of the molecule is CN(C)CCCNCc1ccc(OCc2ccc(Cl)cc2)cc1.Cl.Cl. The quantitative estimate of drug-likeness (QED) is 0.606. The largest absolute Gasteiger partial charge is 0.489 e. The molecular weight excluding hydrogens is 379 g/mol. The Bertz CT molecular complexity index is 574. The average Bonchev–Trinajstić information content (AvgIpc) is 2.55. The van der Waals surface area contributed by atoms with Gasteiger partial charge in [0.1, 0.15) is 12.4 Å². The summed E-state index contributed by atoms with van der Waals surface area (Å²) in [5.41, 5.74) is 2.38. The van der Waals surface area contributed by atoms with E-state index >= 15 is 0 Å². The van der Waals surface area contributed by atoms with Crippen molar-refractivity contribution >= 4 is 36.4 Å². The molecule has 140 valence electrons. The lowest BCUT2D eigenvalue weighted by molar-refractivity contribution is 0.306. The fourth-order valence-electron chi connectivity index (χ4n) is 2.20. The van der Waals surface area contributed by atoms with Crippen LogP contribution in [-0.4, -0.2) is 32.1 Å². The first-order valence-electron chi connectivity index (χ1n) is 7.95. The van der Waals surface area contributed by atoms with Crippen molar-refractivity contribution in [2.75, 3.05) is 27.2 Å². The third kappa shape index (κ3) is 9.93. The molecule has 0 saturated heterocycles. The summed E-state index contributed by atoms with van der Waals surface area (Å²) in [5, 5.41) is 4.21. The Morgan fingerprint density at radius 2 is 1.52 bits per heavy atom. The van der Waals surface area contributed by atoms with E-state index in [1.165, 1.54) is 5.56 Å². The molecule has 0 aliphatic heterocycles. The Morgan fingerprint density at radius 3 is 2.12 bits per heavy atom. The van der Waals surface area contributed by atoms with Crippen LogP contribution in [0, 0.1) is 0 Å². The zero-order chi connectivity index (χ0) is 16.5. The third-order valence-corrected chi connectivity index (χ3v) is 3.78. The first kappa shape index (κ1) is 24.0. The van der Waals surface area contributed by atoms with Gasteiger partial charge in [-0.3, -0.25) is 0 Å². The van der Waals surface area contributed by atoms with Crippen molar-refractivity contribution < 1.29 is 4.74 Å². The monoisotopic (exact) mass is 404 g/mol. The fourth-order valence-corrected chi connectivity index (χ4v) is 2.33. The van der Waals surface area contributed by atoms with Crippen LogP contribution in [-0.2, 0) is 13.2 Å². The number of nitrogens with one attached hydrogen (secondary N) is 1. The molecule has 0 heterocycles. The van der Waals surface area contributed by atoms with E-state index in [1.54, 1.807) is 0 Å². The predicted molar refractivity (Wildman–Crippen MR) is 112 cm³/mol. The summed E-state index contributed by atoms with van der Waals surface area (Å²) in [6.45, 7) is 3.60. The number of benzene rings is 2. The normalized spacial score (nSPS) is 10.1. The molecule has 0 fully saturated rings. The van der Waals surface area contributed by atoms with Crippen LogP contribution < -0.4 is 10.1 Å². The van der Waals surface area contributed by atoms with Crippen LogP contribution in [0.15, 0.2) is 48.5 Å². The maximum Gasteiger partial charge on any atom is 0.119 e. The highest BCUT2D eigenvalue weighted by atomic mass is 35.5. The fraction of sp³-hybridized carbons (Fsp3) is 0.368. The summed E-state index contributed by atoms with van der Waals surface area (Å²) in [4.78, 5) is 2.20. The molecule has 2 aromatic rings. The molecule has 25 heavy (non-hydrogen) atoms. The molecule has 0 saturated carbocycles. The maximum atomic E-state index is 5.87. The molecule has 2 aromatic carbocycles. The molecule has 0 aliphatic rings. The molecule has 0 unspecified atom stereocenters. The van der Waals surface area contributed by atoms with Crippen LogP contribution in [0.3, 0.4) is 0 Å². The van der Waals surface area contributed by atoms with E-state index in [-0.39, 0.29) is 24.8 Å². The zero-order valence-corrected chi connectivity index (χ0v) is 17.1. The number of ether oxygens (including phenoxy) is 1. The standard InChI is InChI=1S/C19H25ClN2O.2ClH/c1-22(2)13-3-12-21-14-16-6-10-19(11-7-16)23-15-17-4-8-18(20)9-5-17;;/h4-11,21H,3,12-15H2,1-2H3;2*1H. The molecule has 0 bridgehead atoms. The topological polar surface area (TPSA) is 24.5 Å². The van der Waals surface area contributed by atoms with Crippen LogP contribution in [0.2, 0.25) is 5.02 Å². The Balaban J connectivity index is 0.00000288. The summed E-state index contributed by atoms with van der Waals surface area (Å²) in [5.74, 6) is 0.885. The Labute approximate surface area is 168 Å². The van der Waals surface area contributed by atoms with Crippen molar-refractivity contribution in [2.24, 2.45) is 0 Å². The first-order valence-corrected chi connectivity index (χ1v) is 8.33. The van der Waals surface area contributed by atoms with Crippen LogP contribution in [0.1, 0.15) is 17.5 Å². The predicted octanol–water partition coefficient (Wildman–Crippen LogP) is 4.80. The molecule has 0 aliphatic carbocycles. The van der Waals surface area contributed by atoms with Crippen molar-refractivity contribution in [3.05, 3.63) is 64.7 Å². The summed E-state index contributed by atoms with van der Waals surface area (Å²) in [6.07, 6.45) is 1.16. The molecule has 6 heteroatoms. The summed E-state index contributed by atoms with van der Waals surface area (Å²) in [7, 11) is 4.20. The van der Waals surface area contributed by atoms with Gasteiger partial charge < -0.3 is 15.0 Å². The molecule has 2 rings (SSSR count). The van der Waals surface area contributed by atoms with Gasteiger partial charge in [-0.2, -0.15) is 0 Å². The Morgan fingerprint density at radius 1 is 0.920 bits per heavy atom. The van der Waals surface area contributed by atoms with E-state index in [0.717, 1.165) is 42.4 Å². The van der Waals surface area contributed by atoms with E-state index in [1.807, 2.05) is 36.4 Å². The number of rotatable bonds is 9. The highest BCUT2D eigenvalue weighted by Gasteiger charge is 1.98. The van der Waals surface area contributed by atoms with Crippen molar-refractivity contribution in [2.45, 2.75) is 19.6 Å². The molecule has 0 radical (unpaired) electrons. The highest BCUT2D eigenvalue weighted by molar-refractivity contribution is 6.30. The van der Waals surface area contributed by atoms with E-state index < -0.39 is 0 Å². The second kappa shape index (κ2) is 13.3. The number of hydrogen-bond acceptors (Lipinski definition) is 3. The van der Waals surface area contributed by atoms with E-state index in [0.29, 0.717) is 6.61 Å². The van der Waals surface area contributed by atoms with Crippen molar-refractivity contribution in [3.63, 3.8) is 0 Å².